The van der Waals surface area contributed by atoms with Gasteiger partial charge in [0.05, 0.1) is 24.1 Å². The predicted molar refractivity (Wildman–Crippen MR) is 125 cm³/mol. The second-order valence-corrected chi connectivity index (χ2v) is 9.98. The standard InChI is InChI=1S/C24H29N3O5S/c1-2-32-20-11-7-18(8-12-20)22-5-3-16-27(22)24(29)17-25-33(30,31)21-13-9-19(10-14-21)26-15-4-6-23(26)28/h7-14,22,25H,2-6,15-17H2,1H3/t22-/m0/s1. The Bertz CT molecular complexity index is 1100. The number of carbonyl (C=O) groups is 2. The summed E-state index contributed by atoms with van der Waals surface area (Å²) >= 11 is 0. The lowest BCUT2D eigenvalue weighted by Crippen LogP contribution is -2.39. The highest BCUT2D eigenvalue weighted by atomic mass is 32.2. The Morgan fingerprint density at radius 3 is 2.42 bits per heavy atom. The average Bonchev–Trinajstić information content (AvgIpc) is 3.48. The molecule has 0 saturated carbocycles. The molecule has 176 valence electrons. The summed E-state index contributed by atoms with van der Waals surface area (Å²) in [5.74, 6) is 0.571. The molecule has 33 heavy (non-hydrogen) atoms. The van der Waals surface area contributed by atoms with E-state index in [1.807, 2.05) is 31.2 Å². The van der Waals surface area contributed by atoms with E-state index in [1.54, 1.807) is 21.9 Å². The molecule has 2 saturated heterocycles. The fraction of sp³-hybridized carbons (Fsp3) is 0.417. The quantitative estimate of drug-likeness (QED) is 0.639. The molecule has 8 nitrogen and oxygen atoms in total. The van der Waals surface area contributed by atoms with Crippen molar-refractivity contribution in [3.63, 3.8) is 0 Å². The van der Waals surface area contributed by atoms with Crippen LogP contribution in [0.2, 0.25) is 0 Å². The van der Waals surface area contributed by atoms with Crippen molar-refractivity contribution in [2.75, 3.05) is 31.1 Å². The van der Waals surface area contributed by atoms with Crippen LogP contribution in [-0.2, 0) is 19.6 Å². The fourth-order valence-electron chi connectivity index (χ4n) is 4.43. The first-order chi connectivity index (χ1) is 15.9. The van der Waals surface area contributed by atoms with Gasteiger partial charge in [0, 0.05) is 25.2 Å². The van der Waals surface area contributed by atoms with E-state index in [0.717, 1.165) is 30.6 Å². The van der Waals surface area contributed by atoms with Crippen LogP contribution in [0.25, 0.3) is 0 Å². The van der Waals surface area contributed by atoms with E-state index in [0.29, 0.717) is 31.8 Å². The zero-order valence-corrected chi connectivity index (χ0v) is 19.5. The van der Waals surface area contributed by atoms with Crippen LogP contribution in [0.5, 0.6) is 5.75 Å². The first-order valence-electron chi connectivity index (χ1n) is 11.3. The minimum absolute atomic E-state index is 0.0435. The number of nitrogens with one attached hydrogen (secondary N) is 1. The van der Waals surface area contributed by atoms with Crippen molar-refractivity contribution in [2.24, 2.45) is 0 Å². The van der Waals surface area contributed by atoms with Gasteiger partial charge in [-0.1, -0.05) is 12.1 Å². The lowest BCUT2D eigenvalue weighted by Gasteiger charge is -2.25. The van der Waals surface area contributed by atoms with E-state index in [-0.39, 0.29) is 29.3 Å². The Morgan fingerprint density at radius 1 is 1.06 bits per heavy atom. The minimum Gasteiger partial charge on any atom is -0.494 e. The van der Waals surface area contributed by atoms with Crippen molar-refractivity contribution in [2.45, 2.75) is 43.5 Å². The first-order valence-corrected chi connectivity index (χ1v) is 12.8. The zero-order chi connectivity index (χ0) is 23.4. The van der Waals surface area contributed by atoms with Crippen molar-refractivity contribution in [3.8, 4) is 5.75 Å². The summed E-state index contributed by atoms with van der Waals surface area (Å²) in [7, 11) is -3.85. The van der Waals surface area contributed by atoms with Crippen molar-refractivity contribution in [1.29, 1.82) is 0 Å². The number of nitrogens with zero attached hydrogens (tertiary/aromatic N) is 2. The van der Waals surface area contributed by atoms with Crippen molar-refractivity contribution in [3.05, 3.63) is 54.1 Å². The molecule has 2 fully saturated rings. The van der Waals surface area contributed by atoms with Gasteiger partial charge in [0.2, 0.25) is 21.8 Å². The lowest BCUT2D eigenvalue weighted by molar-refractivity contribution is -0.130. The second kappa shape index (κ2) is 9.93. The molecule has 2 amide bonds. The molecule has 2 aromatic carbocycles. The van der Waals surface area contributed by atoms with Crippen molar-refractivity contribution < 1.29 is 22.7 Å². The molecule has 0 spiro atoms. The van der Waals surface area contributed by atoms with Crippen LogP contribution in [0.15, 0.2) is 53.4 Å². The van der Waals surface area contributed by atoms with E-state index in [4.69, 9.17) is 4.74 Å². The summed E-state index contributed by atoms with van der Waals surface area (Å²) in [5, 5.41) is 0. The Hall–Kier alpha value is -2.91. The monoisotopic (exact) mass is 471 g/mol. The van der Waals surface area contributed by atoms with Crippen LogP contribution in [-0.4, -0.2) is 51.4 Å². The highest BCUT2D eigenvalue weighted by Gasteiger charge is 2.30. The summed E-state index contributed by atoms with van der Waals surface area (Å²) in [4.78, 5) is 28.2. The van der Waals surface area contributed by atoms with Crippen molar-refractivity contribution >= 4 is 27.5 Å². The molecule has 4 rings (SSSR count). The highest BCUT2D eigenvalue weighted by molar-refractivity contribution is 7.89. The normalized spacial score (nSPS) is 18.7. The summed E-state index contributed by atoms with van der Waals surface area (Å²) in [6.07, 6.45) is 3.02. The number of hydrogen-bond acceptors (Lipinski definition) is 5. The number of hydrogen-bond donors (Lipinski definition) is 1. The summed E-state index contributed by atoms with van der Waals surface area (Å²) in [6.45, 7) is 3.45. The maximum absolute atomic E-state index is 12.9. The highest BCUT2D eigenvalue weighted by Crippen LogP contribution is 2.32. The Labute approximate surface area is 194 Å². The van der Waals surface area contributed by atoms with Crippen LogP contribution in [0.4, 0.5) is 5.69 Å². The molecule has 2 aliphatic rings. The van der Waals surface area contributed by atoms with E-state index >= 15 is 0 Å². The molecule has 0 unspecified atom stereocenters. The molecule has 9 heteroatoms. The van der Waals surface area contributed by atoms with Gasteiger partial charge >= 0.3 is 0 Å². The van der Waals surface area contributed by atoms with Gasteiger partial charge in [-0.3, -0.25) is 9.59 Å². The number of sulfonamides is 1. The van der Waals surface area contributed by atoms with Gasteiger partial charge in [-0.05, 0) is 68.1 Å². The first kappa shape index (κ1) is 23.3. The zero-order valence-electron chi connectivity index (χ0n) is 18.7. The molecule has 1 N–H and O–H groups in total. The topological polar surface area (TPSA) is 96.0 Å². The molecule has 2 heterocycles. The third kappa shape index (κ3) is 5.20. The Kier molecular flexibility index (Phi) is 6.99. The fourth-order valence-corrected chi connectivity index (χ4v) is 5.41. The maximum Gasteiger partial charge on any atom is 0.241 e. The minimum atomic E-state index is -3.85. The average molecular weight is 472 g/mol. The number of ether oxygens (including phenoxy) is 1. The molecule has 0 radical (unpaired) electrons. The van der Waals surface area contributed by atoms with Gasteiger partial charge in [0.1, 0.15) is 5.75 Å². The van der Waals surface area contributed by atoms with E-state index < -0.39 is 10.0 Å². The van der Waals surface area contributed by atoms with Crippen LogP contribution in [0, 0.1) is 0 Å². The van der Waals surface area contributed by atoms with Gasteiger partial charge in [0.25, 0.3) is 0 Å². The summed E-state index contributed by atoms with van der Waals surface area (Å²) in [6, 6.07) is 13.8. The Morgan fingerprint density at radius 2 is 1.79 bits per heavy atom. The van der Waals surface area contributed by atoms with Crippen LogP contribution in [0.3, 0.4) is 0 Å². The SMILES string of the molecule is CCOc1ccc([C@@H]2CCCN2C(=O)CNS(=O)(=O)c2ccc(N3CCCC3=O)cc2)cc1. The van der Waals surface area contributed by atoms with E-state index in [2.05, 4.69) is 4.72 Å². The van der Waals surface area contributed by atoms with Gasteiger partial charge in [-0.2, -0.15) is 0 Å². The summed E-state index contributed by atoms with van der Waals surface area (Å²) < 4.78 is 33.4. The number of benzene rings is 2. The molecule has 2 aromatic rings. The Balaban J connectivity index is 1.38. The van der Waals surface area contributed by atoms with E-state index in [1.165, 1.54) is 12.1 Å². The molecule has 0 aromatic heterocycles. The number of anilines is 1. The van der Waals surface area contributed by atoms with Crippen LogP contribution >= 0.6 is 0 Å². The third-order valence-corrected chi connectivity index (χ3v) is 7.51. The number of likely N-dealkylation sites (tertiary alicyclic amines) is 1. The lowest BCUT2D eigenvalue weighted by atomic mass is 10.0. The predicted octanol–water partition coefficient (Wildman–Crippen LogP) is 2.85. The van der Waals surface area contributed by atoms with Crippen molar-refractivity contribution in [1.82, 2.24) is 9.62 Å². The van der Waals surface area contributed by atoms with Gasteiger partial charge in [0.15, 0.2) is 0 Å². The molecule has 1 atom stereocenters. The molecular weight excluding hydrogens is 442 g/mol. The molecule has 2 aliphatic heterocycles. The number of rotatable bonds is 8. The van der Waals surface area contributed by atoms with E-state index in [9.17, 15) is 18.0 Å². The largest absolute Gasteiger partial charge is 0.494 e. The van der Waals surface area contributed by atoms with Gasteiger partial charge in [-0.15, -0.1) is 0 Å². The van der Waals surface area contributed by atoms with Gasteiger partial charge < -0.3 is 14.5 Å². The number of amides is 2. The number of carbonyl (C=O) groups excluding carboxylic acids is 2. The summed E-state index contributed by atoms with van der Waals surface area (Å²) in [5.41, 5.74) is 1.70. The maximum atomic E-state index is 12.9. The molecular formula is C24H29N3O5S. The van der Waals surface area contributed by atoms with Crippen LogP contribution < -0.4 is 14.4 Å². The van der Waals surface area contributed by atoms with Crippen LogP contribution in [0.1, 0.15) is 44.2 Å². The second-order valence-electron chi connectivity index (χ2n) is 8.21. The molecule has 0 aliphatic carbocycles. The van der Waals surface area contributed by atoms with Gasteiger partial charge in [-0.25, -0.2) is 13.1 Å². The third-order valence-electron chi connectivity index (χ3n) is 6.09. The smallest absolute Gasteiger partial charge is 0.241 e. The molecule has 0 bridgehead atoms.